The zero-order valence-electron chi connectivity index (χ0n) is 14.2. The summed E-state index contributed by atoms with van der Waals surface area (Å²) in [5, 5.41) is 6.06. The van der Waals surface area contributed by atoms with E-state index in [2.05, 4.69) is 10.6 Å². The lowest BCUT2D eigenvalue weighted by atomic mass is 10.1. The van der Waals surface area contributed by atoms with Gasteiger partial charge in [-0.05, 0) is 60.2 Å². The van der Waals surface area contributed by atoms with E-state index in [0.717, 1.165) is 5.56 Å². The number of carbonyl (C=O) groups excluding carboxylic acids is 2. The summed E-state index contributed by atoms with van der Waals surface area (Å²) in [5.41, 5.74) is 2.21. The number of hydrogen-bond acceptors (Lipinski definition) is 2. The Balaban J connectivity index is 1.63. The maximum absolute atomic E-state index is 12.9. The highest BCUT2D eigenvalue weighted by Gasteiger charge is 2.09. The Labute approximate surface area is 161 Å². The van der Waals surface area contributed by atoms with Crippen molar-refractivity contribution in [3.8, 4) is 0 Å². The molecule has 0 aliphatic rings. The minimum absolute atomic E-state index is 0.198. The molecule has 0 heterocycles. The van der Waals surface area contributed by atoms with Gasteiger partial charge in [-0.3, -0.25) is 9.59 Å². The number of nitrogens with one attached hydrogen (secondary N) is 2. The van der Waals surface area contributed by atoms with Crippen LogP contribution in [0.1, 0.15) is 15.9 Å². The molecule has 0 bridgehead atoms. The fourth-order valence-corrected chi connectivity index (χ4v) is 2.59. The number of anilines is 2. The number of carbonyl (C=O) groups is 2. The molecule has 2 amide bonds. The first-order valence-corrected chi connectivity index (χ1v) is 8.59. The molecule has 3 aromatic rings. The molecule has 3 aromatic carbocycles. The minimum Gasteiger partial charge on any atom is -0.326 e. The molecule has 6 heteroatoms. The average molecular weight is 383 g/mol. The molecular formula is C21H16ClFN2O2. The van der Waals surface area contributed by atoms with Crippen LogP contribution in [0.25, 0.3) is 0 Å². The summed E-state index contributed by atoms with van der Waals surface area (Å²) >= 11 is 5.83. The van der Waals surface area contributed by atoms with Crippen molar-refractivity contribution < 1.29 is 14.0 Å². The number of hydrogen-bond donors (Lipinski definition) is 2. The first kappa shape index (κ1) is 18.6. The van der Waals surface area contributed by atoms with E-state index in [1.165, 1.54) is 24.3 Å². The molecule has 0 fully saturated rings. The van der Waals surface area contributed by atoms with E-state index < -0.39 is 0 Å². The normalized spacial score (nSPS) is 10.3. The van der Waals surface area contributed by atoms with E-state index in [0.29, 0.717) is 22.0 Å². The van der Waals surface area contributed by atoms with E-state index in [1.54, 1.807) is 48.5 Å². The summed E-state index contributed by atoms with van der Waals surface area (Å²) in [6.07, 6.45) is 0.198. The molecule has 0 saturated heterocycles. The molecule has 0 saturated carbocycles. The second kappa shape index (κ2) is 8.47. The Morgan fingerprint density at radius 2 is 1.56 bits per heavy atom. The summed E-state index contributed by atoms with van der Waals surface area (Å²) in [7, 11) is 0. The molecule has 0 aromatic heterocycles. The summed E-state index contributed by atoms with van der Waals surface area (Å²) in [5.74, 6) is -0.929. The van der Waals surface area contributed by atoms with Crippen molar-refractivity contribution in [2.24, 2.45) is 0 Å². The molecule has 2 N–H and O–H groups in total. The van der Waals surface area contributed by atoms with Crippen molar-refractivity contribution >= 4 is 34.8 Å². The average Bonchev–Trinajstić information content (AvgIpc) is 2.65. The predicted octanol–water partition coefficient (Wildman–Crippen LogP) is 4.91. The largest absolute Gasteiger partial charge is 0.326 e. The quantitative estimate of drug-likeness (QED) is 0.658. The van der Waals surface area contributed by atoms with Crippen LogP contribution in [0.5, 0.6) is 0 Å². The molecule has 0 aliphatic heterocycles. The Hall–Kier alpha value is -3.18. The third-order valence-electron chi connectivity index (χ3n) is 3.79. The number of rotatable bonds is 5. The van der Waals surface area contributed by atoms with Crippen molar-refractivity contribution in [1.82, 2.24) is 0 Å². The highest BCUT2D eigenvalue weighted by atomic mass is 35.5. The summed E-state index contributed by atoms with van der Waals surface area (Å²) in [4.78, 5) is 24.5. The van der Waals surface area contributed by atoms with Gasteiger partial charge in [0.05, 0.1) is 6.42 Å². The summed E-state index contributed by atoms with van der Waals surface area (Å²) < 4.78 is 12.9. The van der Waals surface area contributed by atoms with Crippen molar-refractivity contribution in [1.29, 1.82) is 0 Å². The van der Waals surface area contributed by atoms with Crippen LogP contribution < -0.4 is 10.6 Å². The molecule has 0 radical (unpaired) electrons. The summed E-state index contributed by atoms with van der Waals surface area (Å²) in [6, 6.07) is 19.1. The minimum atomic E-state index is -0.376. The van der Waals surface area contributed by atoms with Gasteiger partial charge in [-0.15, -0.1) is 0 Å². The second-order valence-electron chi connectivity index (χ2n) is 5.89. The zero-order chi connectivity index (χ0) is 19.2. The fourth-order valence-electron chi connectivity index (χ4n) is 2.47. The molecule has 4 nitrogen and oxygen atoms in total. The molecule has 0 aliphatic carbocycles. The van der Waals surface area contributed by atoms with Gasteiger partial charge in [-0.2, -0.15) is 0 Å². The predicted molar refractivity (Wildman–Crippen MR) is 105 cm³/mol. The van der Waals surface area contributed by atoms with E-state index in [-0.39, 0.29) is 24.1 Å². The van der Waals surface area contributed by atoms with Crippen LogP contribution in [0, 0.1) is 5.82 Å². The van der Waals surface area contributed by atoms with Crippen molar-refractivity contribution in [3.63, 3.8) is 0 Å². The molecule has 3 rings (SSSR count). The van der Waals surface area contributed by atoms with Gasteiger partial charge >= 0.3 is 0 Å². The van der Waals surface area contributed by atoms with Gasteiger partial charge in [0, 0.05) is 22.0 Å². The maximum atomic E-state index is 12.9. The van der Waals surface area contributed by atoms with E-state index in [4.69, 9.17) is 11.6 Å². The molecule has 0 spiro atoms. The van der Waals surface area contributed by atoms with Gasteiger partial charge in [-0.1, -0.05) is 29.8 Å². The Morgan fingerprint density at radius 3 is 2.26 bits per heavy atom. The van der Waals surface area contributed by atoms with Crippen LogP contribution in [0.3, 0.4) is 0 Å². The molecule has 0 atom stereocenters. The van der Waals surface area contributed by atoms with Gasteiger partial charge in [-0.25, -0.2) is 4.39 Å². The summed E-state index contributed by atoms with van der Waals surface area (Å²) in [6.45, 7) is 0. The first-order chi connectivity index (χ1) is 13.0. The Kier molecular flexibility index (Phi) is 5.84. The Morgan fingerprint density at radius 1 is 0.852 bits per heavy atom. The van der Waals surface area contributed by atoms with Crippen molar-refractivity contribution in [2.75, 3.05) is 10.6 Å². The monoisotopic (exact) mass is 382 g/mol. The molecule has 136 valence electrons. The smallest absolute Gasteiger partial charge is 0.255 e. The standard InChI is InChI=1S/C21H16ClFN2O2/c22-16-6-4-14(5-7-16)12-20(26)24-19-3-1-2-15(13-19)21(27)25-18-10-8-17(23)9-11-18/h1-11,13H,12H2,(H,24,26)(H,25,27). The first-order valence-electron chi connectivity index (χ1n) is 8.21. The van der Waals surface area contributed by atoms with Crippen LogP contribution in [0.2, 0.25) is 5.02 Å². The van der Waals surface area contributed by atoms with E-state index in [9.17, 15) is 14.0 Å². The topological polar surface area (TPSA) is 58.2 Å². The lowest BCUT2D eigenvalue weighted by Crippen LogP contribution is -2.16. The van der Waals surface area contributed by atoms with E-state index in [1.807, 2.05) is 0 Å². The fraction of sp³-hybridized carbons (Fsp3) is 0.0476. The zero-order valence-corrected chi connectivity index (χ0v) is 15.0. The lowest BCUT2D eigenvalue weighted by Gasteiger charge is -2.09. The highest BCUT2D eigenvalue weighted by molar-refractivity contribution is 6.30. The highest BCUT2D eigenvalue weighted by Crippen LogP contribution is 2.15. The van der Waals surface area contributed by atoms with Crippen molar-refractivity contribution in [3.05, 3.63) is 94.8 Å². The third-order valence-corrected chi connectivity index (χ3v) is 4.04. The van der Waals surface area contributed by atoms with Gasteiger partial charge in [0.25, 0.3) is 5.91 Å². The Bertz CT molecular complexity index is 957. The number of amides is 2. The molecule has 27 heavy (non-hydrogen) atoms. The number of halogens is 2. The molecule has 0 unspecified atom stereocenters. The SMILES string of the molecule is O=C(Cc1ccc(Cl)cc1)Nc1cccc(C(=O)Nc2ccc(F)cc2)c1. The van der Waals surface area contributed by atoms with Gasteiger partial charge in [0.1, 0.15) is 5.82 Å². The molecular weight excluding hydrogens is 367 g/mol. The van der Waals surface area contributed by atoms with Gasteiger partial charge in [0.2, 0.25) is 5.91 Å². The van der Waals surface area contributed by atoms with Crippen LogP contribution in [-0.4, -0.2) is 11.8 Å². The van der Waals surface area contributed by atoms with Crippen molar-refractivity contribution in [2.45, 2.75) is 6.42 Å². The van der Waals surface area contributed by atoms with Crippen LogP contribution in [0.15, 0.2) is 72.8 Å². The van der Waals surface area contributed by atoms with Crippen LogP contribution in [-0.2, 0) is 11.2 Å². The van der Waals surface area contributed by atoms with Gasteiger partial charge < -0.3 is 10.6 Å². The van der Waals surface area contributed by atoms with Crippen LogP contribution in [0.4, 0.5) is 15.8 Å². The van der Waals surface area contributed by atoms with Crippen LogP contribution >= 0.6 is 11.6 Å². The lowest BCUT2D eigenvalue weighted by molar-refractivity contribution is -0.115. The van der Waals surface area contributed by atoms with E-state index >= 15 is 0 Å². The third kappa shape index (κ3) is 5.39. The second-order valence-corrected chi connectivity index (χ2v) is 6.33. The van der Waals surface area contributed by atoms with Gasteiger partial charge in [0.15, 0.2) is 0 Å². The maximum Gasteiger partial charge on any atom is 0.255 e. The number of benzene rings is 3.